The zero-order chi connectivity index (χ0) is 13.1. The van der Waals surface area contributed by atoms with Crippen molar-refractivity contribution >= 4 is 30.3 Å². The van der Waals surface area contributed by atoms with E-state index in [-0.39, 0.29) is 5.78 Å². The summed E-state index contributed by atoms with van der Waals surface area (Å²) in [7, 11) is 0. The summed E-state index contributed by atoms with van der Waals surface area (Å²) in [6.07, 6.45) is 1.55. The average Bonchev–Trinajstić information content (AvgIpc) is 2.80. The number of furan rings is 1. The number of hydrogen-bond acceptors (Lipinski definition) is 2. The van der Waals surface area contributed by atoms with Gasteiger partial charge in [-0.2, -0.15) is 0 Å². The van der Waals surface area contributed by atoms with E-state index >= 15 is 0 Å². The molecule has 18 heavy (non-hydrogen) atoms. The van der Waals surface area contributed by atoms with E-state index in [0.717, 1.165) is 0 Å². The molecule has 1 aromatic carbocycles. The molecule has 0 unspecified atom stereocenters. The Morgan fingerprint density at radius 1 is 1.22 bits per heavy atom. The molecule has 0 spiro atoms. The van der Waals surface area contributed by atoms with E-state index in [1.807, 2.05) is 0 Å². The Bertz CT molecular complexity index is 533. The molecular weight excluding hydrogens is 340 g/mol. The molecular formula is C15H16O2Te. The number of benzene rings is 1. The SMILES string of the molecule is Cc1cc(C)c([Te]CC(=O)c2ccco2)c(C)c1. The third kappa shape index (κ3) is 3.04. The van der Waals surface area contributed by atoms with Crippen molar-refractivity contribution in [3.05, 3.63) is 53.0 Å². The van der Waals surface area contributed by atoms with Gasteiger partial charge in [-0.3, -0.25) is 0 Å². The van der Waals surface area contributed by atoms with Crippen LogP contribution >= 0.6 is 0 Å². The number of carbonyl (C=O) groups is 1. The van der Waals surface area contributed by atoms with Crippen LogP contribution in [0.5, 0.6) is 0 Å². The minimum absolute atomic E-state index is 0.127. The number of ketones is 1. The topological polar surface area (TPSA) is 30.2 Å². The minimum atomic E-state index is -0.479. The van der Waals surface area contributed by atoms with E-state index in [1.54, 1.807) is 18.4 Å². The van der Waals surface area contributed by atoms with E-state index in [2.05, 4.69) is 32.9 Å². The molecule has 0 bridgehead atoms. The number of Topliss-reactive ketones (excluding diaryl/α,β-unsaturated/α-hetero) is 1. The Balaban J connectivity index is 2.09. The molecule has 2 nitrogen and oxygen atoms in total. The molecule has 0 radical (unpaired) electrons. The maximum atomic E-state index is 11.9. The molecule has 0 atom stereocenters. The molecule has 0 aliphatic heterocycles. The number of rotatable bonds is 4. The Morgan fingerprint density at radius 2 is 1.89 bits per heavy atom. The first-order chi connectivity index (χ1) is 8.58. The molecule has 0 N–H and O–H groups in total. The second kappa shape index (κ2) is 5.73. The summed E-state index contributed by atoms with van der Waals surface area (Å²) in [4.78, 5) is 11.9. The Hall–Kier alpha value is -1.04. The first kappa shape index (κ1) is 13.4. The van der Waals surface area contributed by atoms with E-state index in [9.17, 15) is 4.79 Å². The molecule has 2 rings (SSSR count). The third-order valence-corrected chi connectivity index (χ3v) is 6.57. The fourth-order valence-corrected chi connectivity index (χ4v) is 4.87. The summed E-state index contributed by atoms with van der Waals surface area (Å²) in [5.74, 6) is 0.615. The van der Waals surface area contributed by atoms with Gasteiger partial charge >= 0.3 is 118 Å². The van der Waals surface area contributed by atoms with Gasteiger partial charge in [0.2, 0.25) is 0 Å². The Labute approximate surface area is 117 Å². The normalized spacial score (nSPS) is 10.6. The molecule has 1 heterocycles. The summed E-state index contributed by atoms with van der Waals surface area (Å²) in [6, 6.07) is 7.90. The second-order valence-electron chi connectivity index (χ2n) is 4.42. The van der Waals surface area contributed by atoms with Crippen LogP contribution in [0.1, 0.15) is 27.2 Å². The third-order valence-electron chi connectivity index (χ3n) is 2.75. The first-order valence-electron chi connectivity index (χ1n) is 5.85. The van der Waals surface area contributed by atoms with Crippen LogP contribution in [-0.2, 0) is 0 Å². The zero-order valence-electron chi connectivity index (χ0n) is 10.8. The number of aryl methyl sites for hydroxylation is 3. The van der Waals surface area contributed by atoms with Gasteiger partial charge in [0.05, 0.1) is 0 Å². The van der Waals surface area contributed by atoms with Crippen molar-refractivity contribution in [3.8, 4) is 0 Å². The van der Waals surface area contributed by atoms with Crippen molar-refractivity contribution < 1.29 is 9.21 Å². The van der Waals surface area contributed by atoms with Crippen molar-refractivity contribution in [3.63, 3.8) is 0 Å². The van der Waals surface area contributed by atoms with Gasteiger partial charge in [0, 0.05) is 0 Å². The molecule has 0 saturated carbocycles. The molecule has 0 amide bonds. The van der Waals surface area contributed by atoms with Gasteiger partial charge in [0.15, 0.2) is 0 Å². The van der Waals surface area contributed by atoms with Crippen molar-refractivity contribution in [2.75, 3.05) is 0 Å². The van der Waals surface area contributed by atoms with Crippen molar-refractivity contribution in [2.45, 2.75) is 25.2 Å². The zero-order valence-corrected chi connectivity index (χ0v) is 13.1. The Morgan fingerprint density at radius 3 is 2.44 bits per heavy atom. The van der Waals surface area contributed by atoms with Gasteiger partial charge in [-0.05, 0) is 0 Å². The predicted octanol–water partition coefficient (Wildman–Crippen LogP) is 2.84. The fraction of sp³-hybridized carbons (Fsp3) is 0.267. The van der Waals surface area contributed by atoms with Crippen LogP contribution < -0.4 is 3.61 Å². The van der Waals surface area contributed by atoms with Gasteiger partial charge < -0.3 is 0 Å². The van der Waals surface area contributed by atoms with E-state index in [0.29, 0.717) is 10.2 Å². The van der Waals surface area contributed by atoms with E-state index in [4.69, 9.17) is 4.42 Å². The van der Waals surface area contributed by atoms with Crippen LogP contribution in [0.15, 0.2) is 34.9 Å². The van der Waals surface area contributed by atoms with Crippen LogP contribution in [0.2, 0.25) is 4.47 Å². The summed E-state index contributed by atoms with van der Waals surface area (Å²) in [5.41, 5.74) is 3.93. The van der Waals surface area contributed by atoms with E-state index < -0.39 is 20.9 Å². The first-order valence-corrected chi connectivity index (χ1v) is 8.66. The van der Waals surface area contributed by atoms with Crippen LogP contribution in [0.25, 0.3) is 0 Å². The molecule has 94 valence electrons. The van der Waals surface area contributed by atoms with Gasteiger partial charge in [-0.1, -0.05) is 0 Å². The standard InChI is InChI=1S/C15H16O2Te/c1-10-7-11(2)15(12(3)8-10)18-9-13(16)14-5-4-6-17-14/h4-8H,9H2,1-3H3. The average molecular weight is 356 g/mol. The van der Waals surface area contributed by atoms with Gasteiger partial charge in [-0.15, -0.1) is 0 Å². The van der Waals surface area contributed by atoms with E-state index in [1.165, 1.54) is 20.3 Å². The summed E-state index contributed by atoms with van der Waals surface area (Å²) in [6.45, 7) is 6.38. The maximum absolute atomic E-state index is 11.9. The Kier molecular flexibility index (Phi) is 4.27. The molecule has 0 saturated heterocycles. The van der Waals surface area contributed by atoms with Crippen LogP contribution in [0, 0.1) is 20.8 Å². The predicted molar refractivity (Wildman–Crippen MR) is 73.9 cm³/mol. The van der Waals surface area contributed by atoms with Gasteiger partial charge in [0.25, 0.3) is 0 Å². The number of carbonyl (C=O) groups excluding carboxylic acids is 1. The molecule has 0 aliphatic carbocycles. The van der Waals surface area contributed by atoms with Crippen LogP contribution in [0.4, 0.5) is 0 Å². The quantitative estimate of drug-likeness (QED) is 0.623. The van der Waals surface area contributed by atoms with Crippen molar-refractivity contribution in [2.24, 2.45) is 0 Å². The van der Waals surface area contributed by atoms with Crippen LogP contribution in [0.3, 0.4) is 0 Å². The molecule has 1 aromatic heterocycles. The monoisotopic (exact) mass is 358 g/mol. The second-order valence-corrected chi connectivity index (χ2v) is 7.23. The molecule has 0 aliphatic rings. The van der Waals surface area contributed by atoms with Gasteiger partial charge in [0.1, 0.15) is 0 Å². The van der Waals surface area contributed by atoms with Crippen molar-refractivity contribution in [1.29, 1.82) is 0 Å². The molecule has 3 heteroatoms. The van der Waals surface area contributed by atoms with Gasteiger partial charge in [-0.25, -0.2) is 0 Å². The summed E-state index contributed by atoms with van der Waals surface area (Å²) in [5, 5.41) is 0. The fourth-order valence-electron chi connectivity index (χ4n) is 2.04. The van der Waals surface area contributed by atoms with Crippen molar-refractivity contribution in [1.82, 2.24) is 0 Å². The summed E-state index contributed by atoms with van der Waals surface area (Å²) >= 11 is -0.479. The molecule has 0 fully saturated rings. The van der Waals surface area contributed by atoms with Crippen LogP contribution in [-0.4, -0.2) is 26.7 Å². The molecule has 2 aromatic rings. The summed E-state index contributed by atoms with van der Waals surface area (Å²) < 4.78 is 7.17. The number of hydrogen-bond donors (Lipinski definition) is 0.